The highest BCUT2D eigenvalue weighted by Crippen LogP contribution is 2.43. The van der Waals surface area contributed by atoms with Gasteiger partial charge in [-0.1, -0.05) is 125 Å². The fraction of sp³-hybridized carbons (Fsp3) is 0.644. The van der Waals surface area contributed by atoms with Gasteiger partial charge in [0, 0.05) is 19.4 Å². The van der Waals surface area contributed by atoms with E-state index in [0.717, 1.165) is 77.0 Å². The van der Waals surface area contributed by atoms with Crippen molar-refractivity contribution in [1.82, 2.24) is 0 Å². The number of ether oxygens (including phenoxy) is 3. The molecule has 1 rings (SSSR count). The van der Waals surface area contributed by atoms with Crippen molar-refractivity contribution >= 4 is 19.8 Å². The summed E-state index contributed by atoms with van der Waals surface area (Å²) in [5, 5.41) is 0. The lowest BCUT2D eigenvalue weighted by atomic mass is 10.1. The zero-order chi connectivity index (χ0) is 40.8. The highest BCUT2D eigenvalue weighted by atomic mass is 31.2. The summed E-state index contributed by atoms with van der Waals surface area (Å²) >= 11 is 0. The van der Waals surface area contributed by atoms with E-state index >= 15 is 0 Å². The van der Waals surface area contributed by atoms with Gasteiger partial charge in [-0.05, 0) is 89.9 Å². The maximum Gasteiger partial charge on any atom is 0.472 e. The Morgan fingerprint density at radius 3 is 1.79 bits per heavy atom. The van der Waals surface area contributed by atoms with E-state index in [9.17, 15) is 19.0 Å². The van der Waals surface area contributed by atoms with Crippen molar-refractivity contribution in [2.24, 2.45) is 5.73 Å². The number of esters is 2. The number of unbranched alkanes of at least 4 members (excludes halogenated alkanes) is 8. The largest absolute Gasteiger partial charge is 0.472 e. The molecule has 1 aliphatic heterocycles. The van der Waals surface area contributed by atoms with Crippen molar-refractivity contribution in [2.75, 3.05) is 26.4 Å². The van der Waals surface area contributed by atoms with Gasteiger partial charge in [-0.2, -0.15) is 0 Å². The molecule has 4 atom stereocenters. The van der Waals surface area contributed by atoms with Crippen LogP contribution in [0.5, 0.6) is 0 Å². The van der Waals surface area contributed by atoms with Crippen LogP contribution >= 0.6 is 7.82 Å². The predicted molar refractivity (Wildman–Crippen MR) is 228 cm³/mol. The van der Waals surface area contributed by atoms with E-state index in [1.54, 1.807) is 0 Å². The van der Waals surface area contributed by atoms with Crippen molar-refractivity contribution in [1.29, 1.82) is 0 Å². The highest BCUT2D eigenvalue weighted by molar-refractivity contribution is 7.47. The number of hydrogen-bond donors (Lipinski definition) is 2. The van der Waals surface area contributed by atoms with Crippen LogP contribution in [0.2, 0.25) is 0 Å². The molecule has 0 aromatic carbocycles. The van der Waals surface area contributed by atoms with Gasteiger partial charge in [0.25, 0.3) is 0 Å². The molecule has 1 aliphatic rings. The quantitative estimate of drug-likeness (QED) is 0.0204. The highest BCUT2D eigenvalue weighted by Gasteiger charge is 2.36. The monoisotopic (exact) mass is 804 g/mol. The minimum absolute atomic E-state index is 0.0343. The van der Waals surface area contributed by atoms with Gasteiger partial charge in [-0.15, -0.1) is 0 Å². The van der Waals surface area contributed by atoms with Crippen LogP contribution in [0.3, 0.4) is 0 Å². The third-order valence-corrected chi connectivity index (χ3v) is 9.65. The van der Waals surface area contributed by atoms with Gasteiger partial charge in [-0.25, -0.2) is 4.57 Å². The molecule has 0 spiro atoms. The molecule has 1 saturated heterocycles. The number of phosphoric acid groups is 1. The van der Waals surface area contributed by atoms with Crippen molar-refractivity contribution in [2.45, 2.75) is 161 Å². The first-order valence-electron chi connectivity index (χ1n) is 21.2. The number of carbonyl (C=O) groups is 2. The molecule has 0 aliphatic carbocycles. The number of allylic oxidation sites excluding steroid dienone is 12. The first-order valence-corrected chi connectivity index (χ1v) is 22.7. The molecule has 11 heteroatoms. The number of nitrogens with two attached hydrogens (primary N) is 1. The third kappa shape index (κ3) is 33.3. The molecule has 56 heavy (non-hydrogen) atoms. The first kappa shape index (κ1) is 51.2. The Kier molecular flexibility index (Phi) is 33.3. The summed E-state index contributed by atoms with van der Waals surface area (Å²) in [5.74, 6) is -0.940. The second-order valence-corrected chi connectivity index (χ2v) is 15.3. The van der Waals surface area contributed by atoms with Crippen LogP contribution in [0, 0.1) is 0 Å². The maximum atomic E-state index is 12.6. The van der Waals surface area contributed by atoms with Gasteiger partial charge >= 0.3 is 19.8 Å². The molecule has 0 bridgehead atoms. The lowest BCUT2D eigenvalue weighted by Crippen LogP contribution is -2.29. The topological polar surface area (TPSA) is 147 Å². The molecular formula is C45H74NO9P. The zero-order valence-electron chi connectivity index (χ0n) is 34.5. The summed E-state index contributed by atoms with van der Waals surface area (Å²) in [6, 6.07) is 0. The van der Waals surface area contributed by atoms with E-state index in [2.05, 4.69) is 92.8 Å². The fourth-order valence-electron chi connectivity index (χ4n) is 5.42. The number of carbonyl (C=O) groups excluding carboxylic acids is 2. The van der Waals surface area contributed by atoms with Gasteiger partial charge in [-0.3, -0.25) is 18.6 Å². The maximum absolute atomic E-state index is 12.6. The van der Waals surface area contributed by atoms with Crippen LogP contribution in [0.25, 0.3) is 0 Å². The third-order valence-electron chi connectivity index (χ3n) is 8.67. The summed E-state index contributed by atoms with van der Waals surface area (Å²) in [6.07, 6.45) is 47.8. The second kappa shape index (κ2) is 36.5. The van der Waals surface area contributed by atoms with Crippen LogP contribution in [0.4, 0.5) is 0 Å². The minimum atomic E-state index is -4.41. The Morgan fingerprint density at radius 2 is 1.16 bits per heavy atom. The number of phosphoric ester groups is 1. The molecule has 0 aromatic rings. The lowest BCUT2D eigenvalue weighted by molar-refractivity contribution is -0.161. The normalized spacial score (nSPS) is 17.8. The van der Waals surface area contributed by atoms with Crippen LogP contribution in [0.1, 0.15) is 142 Å². The molecular weight excluding hydrogens is 729 g/mol. The van der Waals surface area contributed by atoms with Crippen LogP contribution < -0.4 is 5.73 Å². The average Bonchev–Trinajstić information content (AvgIpc) is 3.94. The molecule has 0 saturated carbocycles. The van der Waals surface area contributed by atoms with Crippen LogP contribution in [-0.4, -0.2) is 61.5 Å². The SMILES string of the molecule is CC/C=C\C/C=C\C/C=C\C/C=C\CCCCCCC(=O)O[C@H](COC(=O)CCC/C=C\CC1OC1C/C=C\C/C=C\CCCCC)COP(=O)(O)OCCN. The Balaban J connectivity index is 2.27. The molecule has 3 N–H and O–H groups in total. The standard InChI is InChI=1S/C45H74NO9P/c1-3-5-7-9-11-13-14-15-16-17-18-19-20-22-24-26-32-36-45(48)54-41(40-53-56(49,50)52-38-37-46)39-51-44(47)35-31-28-27-30-34-43-42(55-43)33-29-25-23-21-12-10-8-6-4-2/h5,7,11-13,15-16,18-19,21,25,27,29-30,41-43H,3-4,6,8-10,14,17,20,22-24,26,28,31-40,46H2,1-2H3,(H,49,50)/b7-5-,13-11-,16-15-,19-18-,21-12-,29-25-,30-27-/t41-,42?,43?/m1/s1. The van der Waals surface area contributed by atoms with E-state index in [-0.39, 0.29) is 44.8 Å². The first-order chi connectivity index (χ1) is 27.3. The van der Waals surface area contributed by atoms with Crippen molar-refractivity contribution < 1.29 is 42.3 Å². The summed E-state index contributed by atoms with van der Waals surface area (Å²) in [5.41, 5.74) is 5.34. The molecule has 318 valence electrons. The predicted octanol–water partition coefficient (Wildman–Crippen LogP) is 11.0. The molecule has 1 fully saturated rings. The Labute approximate surface area is 339 Å². The van der Waals surface area contributed by atoms with Gasteiger partial charge < -0.3 is 24.8 Å². The molecule has 0 amide bonds. The second-order valence-electron chi connectivity index (χ2n) is 13.9. The number of rotatable bonds is 37. The average molecular weight is 804 g/mol. The van der Waals surface area contributed by atoms with Gasteiger partial charge in [0.2, 0.25) is 0 Å². The molecule has 3 unspecified atom stereocenters. The minimum Gasteiger partial charge on any atom is -0.462 e. The van der Waals surface area contributed by atoms with E-state index in [1.807, 2.05) is 6.08 Å². The van der Waals surface area contributed by atoms with E-state index in [0.29, 0.717) is 19.3 Å². The number of epoxide rings is 1. The van der Waals surface area contributed by atoms with Crippen molar-refractivity contribution in [3.63, 3.8) is 0 Å². The Morgan fingerprint density at radius 1 is 0.643 bits per heavy atom. The van der Waals surface area contributed by atoms with Gasteiger partial charge in [0.1, 0.15) is 6.61 Å². The molecule has 10 nitrogen and oxygen atoms in total. The number of hydrogen-bond acceptors (Lipinski definition) is 9. The Hall–Kier alpha value is -2.85. The summed E-state index contributed by atoms with van der Waals surface area (Å²) < 4.78 is 38.5. The van der Waals surface area contributed by atoms with Crippen molar-refractivity contribution in [3.05, 3.63) is 85.1 Å². The van der Waals surface area contributed by atoms with Gasteiger partial charge in [0.05, 0.1) is 25.4 Å². The van der Waals surface area contributed by atoms with Gasteiger partial charge in [0.15, 0.2) is 6.10 Å². The molecule has 1 heterocycles. The lowest BCUT2D eigenvalue weighted by Gasteiger charge is -2.19. The van der Waals surface area contributed by atoms with Crippen LogP contribution in [-0.2, 0) is 37.4 Å². The summed E-state index contributed by atoms with van der Waals surface area (Å²) in [7, 11) is -4.41. The summed E-state index contributed by atoms with van der Waals surface area (Å²) in [4.78, 5) is 34.9. The summed E-state index contributed by atoms with van der Waals surface area (Å²) in [6.45, 7) is 3.45. The fourth-order valence-corrected chi connectivity index (χ4v) is 6.19. The molecule has 0 aromatic heterocycles. The van der Waals surface area contributed by atoms with E-state index in [1.165, 1.54) is 19.3 Å². The Bertz CT molecular complexity index is 1260. The zero-order valence-corrected chi connectivity index (χ0v) is 35.4. The van der Waals surface area contributed by atoms with Crippen LogP contribution in [0.15, 0.2) is 85.1 Å². The van der Waals surface area contributed by atoms with E-state index in [4.69, 9.17) is 29.0 Å². The molecule has 0 radical (unpaired) electrons. The van der Waals surface area contributed by atoms with Crippen molar-refractivity contribution in [3.8, 4) is 0 Å². The smallest absolute Gasteiger partial charge is 0.462 e. The van der Waals surface area contributed by atoms with E-state index < -0.39 is 32.5 Å².